The number of hydrogen-bond donors (Lipinski definition) is 0. The van der Waals surface area contributed by atoms with Crippen molar-refractivity contribution < 1.29 is 4.74 Å². The predicted molar refractivity (Wildman–Crippen MR) is 109 cm³/mol. The van der Waals surface area contributed by atoms with Crippen LogP contribution in [0.25, 0.3) is 0 Å². The van der Waals surface area contributed by atoms with Crippen LogP contribution in [0.15, 0.2) is 42.5 Å². The van der Waals surface area contributed by atoms with Crippen LogP contribution in [-0.4, -0.2) is 24.6 Å². The van der Waals surface area contributed by atoms with E-state index >= 15 is 0 Å². The largest absolute Gasteiger partial charge is 0.494 e. The molecule has 0 saturated carbocycles. The maximum Gasteiger partial charge on any atom is 0.119 e. The molecule has 0 aliphatic carbocycles. The molecule has 1 fully saturated rings. The van der Waals surface area contributed by atoms with E-state index in [0.717, 1.165) is 23.9 Å². The highest BCUT2D eigenvalue weighted by molar-refractivity contribution is 14.1. The number of benzene rings is 2. The first-order valence-electron chi connectivity index (χ1n) is 8.61. The number of piperidine rings is 1. The molecule has 1 saturated heterocycles. The molecule has 2 aromatic rings. The van der Waals surface area contributed by atoms with Gasteiger partial charge in [0.1, 0.15) is 5.75 Å². The Morgan fingerprint density at radius 2 is 1.79 bits per heavy atom. The second-order valence-corrected chi connectivity index (χ2v) is 7.82. The summed E-state index contributed by atoms with van der Waals surface area (Å²) >= 11 is 8.95. The van der Waals surface area contributed by atoms with E-state index in [1.54, 1.807) is 0 Å². The van der Waals surface area contributed by atoms with Crippen molar-refractivity contribution in [3.05, 3.63) is 62.2 Å². The smallest absolute Gasteiger partial charge is 0.119 e. The second-order valence-electron chi connectivity index (χ2n) is 6.17. The molecule has 0 N–H and O–H groups in total. The summed E-state index contributed by atoms with van der Waals surface area (Å²) in [6.07, 6.45) is 3.84. The van der Waals surface area contributed by atoms with Gasteiger partial charge >= 0.3 is 0 Å². The third-order valence-electron chi connectivity index (χ3n) is 4.52. The van der Waals surface area contributed by atoms with Crippen molar-refractivity contribution in [3.63, 3.8) is 0 Å². The highest BCUT2D eigenvalue weighted by Crippen LogP contribution is 2.36. The lowest BCUT2D eigenvalue weighted by Gasteiger charge is -2.35. The van der Waals surface area contributed by atoms with Gasteiger partial charge in [0.2, 0.25) is 0 Å². The van der Waals surface area contributed by atoms with Gasteiger partial charge < -0.3 is 4.74 Å². The van der Waals surface area contributed by atoms with E-state index in [1.165, 1.54) is 34.0 Å². The maximum atomic E-state index is 6.59. The minimum absolute atomic E-state index is 0.211. The van der Waals surface area contributed by atoms with Gasteiger partial charge in [0.15, 0.2) is 0 Å². The Morgan fingerprint density at radius 1 is 1.08 bits per heavy atom. The van der Waals surface area contributed by atoms with Crippen molar-refractivity contribution in [1.29, 1.82) is 0 Å². The lowest BCUT2D eigenvalue weighted by molar-refractivity contribution is 0.187. The summed E-state index contributed by atoms with van der Waals surface area (Å²) < 4.78 is 6.82. The van der Waals surface area contributed by atoms with E-state index in [9.17, 15) is 0 Å². The molecule has 1 heterocycles. The van der Waals surface area contributed by atoms with Gasteiger partial charge in [-0.1, -0.05) is 30.2 Å². The van der Waals surface area contributed by atoms with Crippen LogP contribution in [0, 0.1) is 3.57 Å². The Morgan fingerprint density at radius 3 is 2.46 bits per heavy atom. The van der Waals surface area contributed by atoms with E-state index < -0.39 is 0 Å². The minimum Gasteiger partial charge on any atom is -0.494 e. The number of halogens is 2. The molecular formula is C20H23ClINO. The van der Waals surface area contributed by atoms with E-state index in [-0.39, 0.29) is 6.04 Å². The van der Waals surface area contributed by atoms with Gasteiger partial charge in [0, 0.05) is 8.59 Å². The van der Waals surface area contributed by atoms with Crippen molar-refractivity contribution in [2.24, 2.45) is 0 Å². The molecule has 2 aromatic carbocycles. The van der Waals surface area contributed by atoms with Gasteiger partial charge in [0.05, 0.1) is 12.6 Å². The van der Waals surface area contributed by atoms with Gasteiger partial charge in [-0.2, -0.15) is 0 Å². The van der Waals surface area contributed by atoms with Crippen LogP contribution in [-0.2, 0) is 0 Å². The Labute approximate surface area is 163 Å². The van der Waals surface area contributed by atoms with Gasteiger partial charge in [-0.15, -0.1) is 0 Å². The molecule has 0 amide bonds. The summed E-state index contributed by atoms with van der Waals surface area (Å²) in [7, 11) is 0. The molecule has 128 valence electrons. The third-order valence-corrected chi connectivity index (χ3v) is 5.53. The number of nitrogens with zero attached hydrogens (tertiary/aromatic N) is 1. The van der Waals surface area contributed by atoms with Crippen LogP contribution in [0.2, 0.25) is 5.02 Å². The first kappa shape index (κ1) is 18.0. The molecule has 1 aliphatic rings. The van der Waals surface area contributed by atoms with E-state index in [0.29, 0.717) is 6.61 Å². The summed E-state index contributed by atoms with van der Waals surface area (Å²) in [5.41, 5.74) is 2.49. The highest BCUT2D eigenvalue weighted by atomic mass is 127. The molecule has 3 rings (SSSR count). The summed E-state index contributed by atoms with van der Waals surface area (Å²) in [5, 5.41) is 0.847. The third kappa shape index (κ3) is 4.24. The summed E-state index contributed by atoms with van der Waals surface area (Å²) in [5.74, 6) is 0.924. The maximum absolute atomic E-state index is 6.59. The van der Waals surface area contributed by atoms with Crippen molar-refractivity contribution in [1.82, 2.24) is 4.90 Å². The topological polar surface area (TPSA) is 12.5 Å². The molecule has 1 unspecified atom stereocenters. The fraction of sp³-hybridized carbons (Fsp3) is 0.400. The number of rotatable bonds is 5. The van der Waals surface area contributed by atoms with Crippen molar-refractivity contribution in [2.45, 2.75) is 32.2 Å². The lowest BCUT2D eigenvalue weighted by Crippen LogP contribution is -2.34. The van der Waals surface area contributed by atoms with Crippen LogP contribution in [0.3, 0.4) is 0 Å². The SMILES string of the molecule is CCOc1ccc(C(c2cc(I)ccc2Cl)N2CCCCC2)cc1. The molecule has 0 bridgehead atoms. The van der Waals surface area contributed by atoms with Gasteiger partial charge in [-0.25, -0.2) is 0 Å². The number of hydrogen-bond acceptors (Lipinski definition) is 2. The standard InChI is InChI=1S/C20H23ClINO/c1-2-24-17-9-6-15(7-10-17)20(23-12-4-3-5-13-23)18-14-16(22)8-11-19(18)21/h6-11,14,20H,2-5,12-13H2,1H3. The Kier molecular flexibility index (Phi) is 6.42. The first-order chi connectivity index (χ1) is 11.7. The van der Waals surface area contributed by atoms with Crippen LogP contribution in [0.4, 0.5) is 0 Å². The predicted octanol–water partition coefficient (Wildman–Crippen LogP) is 5.92. The first-order valence-corrected chi connectivity index (χ1v) is 10.1. The monoisotopic (exact) mass is 455 g/mol. The van der Waals surface area contributed by atoms with Crippen LogP contribution >= 0.6 is 34.2 Å². The summed E-state index contributed by atoms with van der Waals surface area (Å²) in [6.45, 7) is 4.95. The normalized spacial score (nSPS) is 16.8. The fourth-order valence-electron chi connectivity index (χ4n) is 3.40. The van der Waals surface area contributed by atoms with E-state index in [1.807, 2.05) is 13.0 Å². The molecule has 4 heteroatoms. The molecule has 0 radical (unpaired) electrons. The molecular weight excluding hydrogens is 433 g/mol. The van der Waals surface area contributed by atoms with Crippen molar-refractivity contribution in [3.8, 4) is 5.75 Å². The van der Waals surface area contributed by atoms with Gasteiger partial charge in [0.25, 0.3) is 0 Å². The quantitative estimate of drug-likeness (QED) is 0.519. The molecule has 1 atom stereocenters. The number of likely N-dealkylation sites (tertiary alicyclic amines) is 1. The zero-order valence-corrected chi connectivity index (χ0v) is 16.9. The average molecular weight is 456 g/mol. The van der Waals surface area contributed by atoms with E-state index in [4.69, 9.17) is 16.3 Å². The second kappa shape index (κ2) is 8.54. The minimum atomic E-state index is 0.211. The molecule has 2 nitrogen and oxygen atoms in total. The Hall–Kier alpha value is -0.780. The number of ether oxygens (including phenoxy) is 1. The van der Waals surface area contributed by atoms with Gasteiger partial charge in [-0.05, 0) is 96.9 Å². The van der Waals surface area contributed by atoms with Crippen LogP contribution in [0.5, 0.6) is 5.75 Å². The molecule has 1 aliphatic heterocycles. The van der Waals surface area contributed by atoms with E-state index in [2.05, 4.69) is 63.9 Å². The van der Waals surface area contributed by atoms with Crippen molar-refractivity contribution in [2.75, 3.05) is 19.7 Å². The summed E-state index contributed by atoms with van der Waals surface area (Å²) in [6, 6.07) is 15.0. The Balaban J connectivity index is 1.99. The molecule has 0 spiro atoms. The Bertz CT molecular complexity index is 668. The summed E-state index contributed by atoms with van der Waals surface area (Å²) in [4.78, 5) is 2.57. The van der Waals surface area contributed by atoms with Crippen LogP contribution in [0.1, 0.15) is 43.4 Å². The fourth-order valence-corrected chi connectivity index (χ4v) is 4.14. The average Bonchev–Trinajstić information content (AvgIpc) is 2.61. The zero-order valence-electron chi connectivity index (χ0n) is 14.0. The molecule has 24 heavy (non-hydrogen) atoms. The highest BCUT2D eigenvalue weighted by Gasteiger charge is 2.26. The van der Waals surface area contributed by atoms with Crippen molar-refractivity contribution >= 4 is 34.2 Å². The zero-order chi connectivity index (χ0) is 16.9. The lowest BCUT2D eigenvalue weighted by atomic mass is 9.95. The van der Waals surface area contributed by atoms with Crippen LogP contribution < -0.4 is 4.74 Å². The molecule has 0 aromatic heterocycles. The van der Waals surface area contributed by atoms with Gasteiger partial charge in [-0.3, -0.25) is 4.90 Å².